The van der Waals surface area contributed by atoms with Crippen LogP contribution in [0.2, 0.25) is 0 Å². The number of hydrogen-bond acceptors (Lipinski definition) is 2. The molecule has 1 aromatic rings. The molecule has 0 bridgehead atoms. The topological polar surface area (TPSA) is 30.0 Å². The zero-order valence-corrected chi connectivity index (χ0v) is 8.83. The van der Waals surface area contributed by atoms with E-state index in [-0.39, 0.29) is 37.4 Å². The average molecular weight is 225 g/mol. The van der Waals surface area contributed by atoms with Gasteiger partial charge in [-0.1, -0.05) is 0 Å². The minimum atomic E-state index is -2.58. The maximum absolute atomic E-state index is 12.9. The van der Waals surface area contributed by atoms with Crippen molar-refractivity contribution in [2.75, 3.05) is 0 Å². The lowest BCUT2D eigenvalue weighted by molar-refractivity contribution is -0.0424. The van der Waals surface area contributed by atoms with Gasteiger partial charge < -0.3 is 0 Å². The van der Waals surface area contributed by atoms with Gasteiger partial charge in [0.1, 0.15) is 0 Å². The highest BCUT2D eigenvalue weighted by atomic mass is 19.3. The number of alkyl halides is 2. The summed E-state index contributed by atoms with van der Waals surface area (Å²) in [5, 5.41) is 0. The number of hydrogen-bond donors (Lipinski definition) is 0. The molecular formula is C12H13F2NO. The number of carbonyl (C=O) groups excluding carboxylic acids is 1. The number of ketones is 1. The number of Topliss-reactive ketones (excluding diaryl/α,β-unsaturated/α-hetero) is 1. The van der Waals surface area contributed by atoms with Crippen LogP contribution in [0.3, 0.4) is 0 Å². The van der Waals surface area contributed by atoms with Gasteiger partial charge in [0.25, 0.3) is 0 Å². The predicted octanol–water partition coefficient (Wildman–Crippen LogP) is 3.09. The third-order valence-corrected chi connectivity index (χ3v) is 3.03. The first-order valence-corrected chi connectivity index (χ1v) is 5.40. The summed E-state index contributed by atoms with van der Waals surface area (Å²) >= 11 is 0. The van der Waals surface area contributed by atoms with E-state index in [9.17, 15) is 13.6 Å². The van der Waals surface area contributed by atoms with Crippen LogP contribution in [0.4, 0.5) is 8.78 Å². The van der Waals surface area contributed by atoms with Crippen LogP contribution < -0.4 is 0 Å². The van der Waals surface area contributed by atoms with Crippen LogP contribution in [0.5, 0.6) is 0 Å². The summed E-state index contributed by atoms with van der Waals surface area (Å²) in [5.74, 6) is -2.89. The van der Waals surface area contributed by atoms with Crippen molar-refractivity contribution in [1.29, 1.82) is 0 Å². The Morgan fingerprint density at radius 1 is 1.38 bits per heavy atom. The molecule has 1 aliphatic rings. The molecule has 1 fully saturated rings. The Kier molecular flexibility index (Phi) is 2.99. The lowest BCUT2D eigenvalue weighted by Gasteiger charge is -2.27. The summed E-state index contributed by atoms with van der Waals surface area (Å²) in [5.41, 5.74) is 0.526. The molecule has 0 unspecified atom stereocenters. The van der Waals surface area contributed by atoms with Gasteiger partial charge in [-0.05, 0) is 25.0 Å². The van der Waals surface area contributed by atoms with Crippen LogP contribution in [0, 0.1) is 5.92 Å². The molecule has 0 atom stereocenters. The third-order valence-electron chi connectivity index (χ3n) is 3.03. The Balaban J connectivity index is 2.03. The maximum Gasteiger partial charge on any atom is 0.248 e. The molecular weight excluding hydrogens is 212 g/mol. The van der Waals surface area contributed by atoms with Crippen LogP contribution >= 0.6 is 0 Å². The summed E-state index contributed by atoms with van der Waals surface area (Å²) in [7, 11) is 0. The summed E-state index contributed by atoms with van der Waals surface area (Å²) in [4.78, 5) is 15.8. The number of pyridine rings is 1. The Hall–Kier alpha value is -1.32. The van der Waals surface area contributed by atoms with Crippen molar-refractivity contribution < 1.29 is 13.6 Å². The van der Waals surface area contributed by atoms with Crippen LogP contribution in [0.15, 0.2) is 24.5 Å². The SMILES string of the molecule is O=C(c1cccnc1)C1CCC(F)(F)CC1. The molecule has 0 spiro atoms. The Labute approximate surface area is 92.7 Å². The number of nitrogens with zero attached hydrogens (tertiary/aromatic N) is 1. The van der Waals surface area contributed by atoms with Crippen molar-refractivity contribution in [2.45, 2.75) is 31.6 Å². The molecule has 0 N–H and O–H groups in total. The lowest BCUT2D eigenvalue weighted by atomic mass is 9.82. The van der Waals surface area contributed by atoms with Gasteiger partial charge in [0.05, 0.1) is 0 Å². The summed E-state index contributed by atoms with van der Waals surface area (Å²) in [6, 6.07) is 3.37. The first kappa shape index (κ1) is 11.2. The molecule has 16 heavy (non-hydrogen) atoms. The molecule has 0 amide bonds. The van der Waals surface area contributed by atoms with Crippen LogP contribution in [0.25, 0.3) is 0 Å². The molecule has 86 valence electrons. The van der Waals surface area contributed by atoms with E-state index in [1.54, 1.807) is 18.3 Å². The van der Waals surface area contributed by atoms with Crippen LogP contribution in [-0.2, 0) is 0 Å². The van der Waals surface area contributed by atoms with Gasteiger partial charge >= 0.3 is 0 Å². The highest BCUT2D eigenvalue weighted by Gasteiger charge is 2.37. The van der Waals surface area contributed by atoms with Crippen molar-refractivity contribution in [1.82, 2.24) is 4.98 Å². The predicted molar refractivity (Wildman–Crippen MR) is 55.5 cm³/mol. The van der Waals surface area contributed by atoms with E-state index >= 15 is 0 Å². The monoisotopic (exact) mass is 225 g/mol. The first-order chi connectivity index (χ1) is 7.58. The van der Waals surface area contributed by atoms with Crippen molar-refractivity contribution in [3.05, 3.63) is 30.1 Å². The largest absolute Gasteiger partial charge is 0.294 e. The maximum atomic E-state index is 12.9. The average Bonchev–Trinajstić information content (AvgIpc) is 2.29. The molecule has 0 saturated heterocycles. The molecule has 0 aromatic carbocycles. The molecule has 0 aliphatic heterocycles. The van der Waals surface area contributed by atoms with Crippen LogP contribution in [-0.4, -0.2) is 16.7 Å². The highest BCUT2D eigenvalue weighted by Crippen LogP contribution is 2.37. The third kappa shape index (κ3) is 2.43. The molecule has 2 rings (SSSR count). The molecule has 1 aliphatic carbocycles. The zero-order valence-electron chi connectivity index (χ0n) is 8.83. The molecule has 1 aromatic heterocycles. The van der Waals surface area contributed by atoms with Gasteiger partial charge in [0.2, 0.25) is 5.92 Å². The van der Waals surface area contributed by atoms with Crippen molar-refractivity contribution in [2.24, 2.45) is 5.92 Å². The van der Waals surface area contributed by atoms with Gasteiger partial charge in [0, 0.05) is 36.7 Å². The fourth-order valence-electron chi connectivity index (χ4n) is 2.05. The van der Waals surface area contributed by atoms with Gasteiger partial charge in [-0.3, -0.25) is 9.78 Å². The van der Waals surface area contributed by atoms with E-state index in [1.807, 2.05) is 0 Å². The number of halogens is 2. The number of carbonyl (C=O) groups is 1. The van der Waals surface area contributed by atoms with E-state index in [0.717, 1.165) is 0 Å². The lowest BCUT2D eigenvalue weighted by Crippen LogP contribution is -2.28. The first-order valence-electron chi connectivity index (χ1n) is 5.40. The smallest absolute Gasteiger partial charge is 0.248 e. The fraction of sp³-hybridized carbons (Fsp3) is 0.500. The Bertz CT molecular complexity index is 368. The standard InChI is InChI=1S/C12H13F2NO/c13-12(14)5-3-9(4-6-12)11(16)10-2-1-7-15-8-10/h1-2,7-9H,3-6H2. The van der Waals surface area contributed by atoms with E-state index in [0.29, 0.717) is 5.56 Å². The molecule has 1 heterocycles. The summed E-state index contributed by atoms with van der Waals surface area (Å²) in [6.45, 7) is 0. The second-order valence-electron chi connectivity index (χ2n) is 4.24. The molecule has 1 saturated carbocycles. The quantitative estimate of drug-likeness (QED) is 0.724. The van der Waals surface area contributed by atoms with Gasteiger partial charge in [-0.2, -0.15) is 0 Å². The second-order valence-corrected chi connectivity index (χ2v) is 4.24. The minimum Gasteiger partial charge on any atom is -0.294 e. The minimum absolute atomic E-state index is 0.0522. The zero-order chi connectivity index (χ0) is 11.6. The fourth-order valence-corrected chi connectivity index (χ4v) is 2.05. The highest BCUT2D eigenvalue weighted by molar-refractivity contribution is 5.97. The number of rotatable bonds is 2. The summed E-state index contributed by atoms with van der Waals surface area (Å²) in [6.07, 6.45) is 3.29. The van der Waals surface area contributed by atoms with Crippen LogP contribution in [0.1, 0.15) is 36.0 Å². The van der Waals surface area contributed by atoms with Crippen molar-refractivity contribution in [3.63, 3.8) is 0 Å². The van der Waals surface area contributed by atoms with E-state index in [2.05, 4.69) is 4.98 Å². The van der Waals surface area contributed by atoms with E-state index < -0.39 is 5.92 Å². The normalized spacial score (nSPS) is 20.6. The number of aromatic nitrogens is 1. The molecule has 2 nitrogen and oxygen atoms in total. The van der Waals surface area contributed by atoms with Gasteiger partial charge in [0.15, 0.2) is 5.78 Å². The van der Waals surface area contributed by atoms with Crippen molar-refractivity contribution >= 4 is 5.78 Å². The van der Waals surface area contributed by atoms with E-state index in [4.69, 9.17) is 0 Å². The Morgan fingerprint density at radius 3 is 2.62 bits per heavy atom. The van der Waals surface area contributed by atoms with Gasteiger partial charge in [-0.15, -0.1) is 0 Å². The van der Waals surface area contributed by atoms with Gasteiger partial charge in [-0.25, -0.2) is 8.78 Å². The Morgan fingerprint density at radius 2 is 2.06 bits per heavy atom. The second kappa shape index (κ2) is 4.28. The molecule has 4 heteroatoms. The molecule has 0 radical (unpaired) electrons. The van der Waals surface area contributed by atoms with Crippen molar-refractivity contribution in [3.8, 4) is 0 Å². The summed E-state index contributed by atoms with van der Waals surface area (Å²) < 4.78 is 25.8. The van der Waals surface area contributed by atoms with E-state index in [1.165, 1.54) is 6.20 Å².